The number of hydrogen-bond donors (Lipinski definition) is 0. The van der Waals surface area contributed by atoms with Gasteiger partial charge in [-0.1, -0.05) is 0 Å². The van der Waals surface area contributed by atoms with Crippen molar-refractivity contribution in [2.45, 2.75) is 68.0 Å². The van der Waals surface area contributed by atoms with Crippen molar-refractivity contribution in [1.82, 2.24) is 0 Å². The molecule has 0 radical (unpaired) electrons. The molecule has 0 amide bonds. The van der Waals surface area contributed by atoms with Crippen LogP contribution in [0, 0.1) is 0 Å². The second-order valence-electron chi connectivity index (χ2n) is 5.57. The summed E-state index contributed by atoms with van der Waals surface area (Å²) in [5.41, 5.74) is 0. The molecule has 0 aromatic carbocycles. The van der Waals surface area contributed by atoms with Crippen molar-refractivity contribution in [3.8, 4) is 0 Å². The summed E-state index contributed by atoms with van der Waals surface area (Å²) in [6.07, 6.45) is 1.38. The van der Waals surface area contributed by atoms with Gasteiger partial charge in [0.1, 0.15) is 0 Å². The molecule has 0 aliphatic heterocycles. The Hall–Kier alpha value is 0.543. The Balaban J connectivity index is 4.62. The zero-order chi connectivity index (χ0) is 9.99. The van der Waals surface area contributed by atoms with Gasteiger partial charge in [0.2, 0.25) is 0 Å². The van der Waals surface area contributed by atoms with E-state index in [1.165, 1.54) is 11.7 Å². The molecule has 12 heavy (non-hydrogen) atoms. The van der Waals surface area contributed by atoms with Gasteiger partial charge in [0.05, 0.1) is 0 Å². The summed E-state index contributed by atoms with van der Waals surface area (Å²) in [7, 11) is 0. The maximum absolute atomic E-state index is 2.62. The summed E-state index contributed by atoms with van der Waals surface area (Å²) in [4.78, 5) is 0. The van der Waals surface area contributed by atoms with E-state index in [2.05, 4.69) is 47.3 Å². The molecule has 0 saturated carbocycles. The van der Waals surface area contributed by atoms with Crippen LogP contribution in [0.5, 0.6) is 0 Å². The van der Waals surface area contributed by atoms with Gasteiger partial charge < -0.3 is 0 Å². The fourth-order valence-corrected chi connectivity index (χ4v) is 10.6. The van der Waals surface area contributed by atoms with E-state index in [-0.39, 0.29) is 0 Å². The number of rotatable bonds is 3. The molecule has 0 aliphatic carbocycles. The molecule has 1 unspecified atom stereocenters. The maximum atomic E-state index is 2.62. The van der Waals surface area contributed by atoms with E-state index in [9.17, 15) is 0 Å². The van der Waals surface area contributed by atoms with Gasteiger partial charge in [-0.25, -0.2) is 0 Å². The Bertz CT molecular complexity index is 132. The Kier molecular flexibility index (Phi) is 4.36. The first-order chi connectivity index (χ1) is 5.25. The third kappa shape index (κ3) is 2.51. The first-order valence-corrected chi connectivity index (χ1v) is 11.1. The van der Waals surface area contributed by atoms with Crippen molar-refractivity contribution in [1.29, 1.82) is 0 Å². The van der Waals surface area contributed by atoms with Crippen LogP contribution in [-0.2, 0) is 0 Å². The monoisotopic (exact) mass is 232 g/mol. The third-order valence-corrected chi connectivity index (χ3v) is 19.5. The normalized spacial score (nSPS) is 18.0. The molecule has 0 fully saturated rings. The zero-order valence-electron chi connectivity index (χ0n) is 9.99. The summed E-state index contributed by atoms with van der Waals surface area (Å²) in [6.45, 7) is 14.5. The van der Waals surface area contributed by atoms with E-state index in [0.717, 1.165) is 4.75 Å². The van der Waals surface area contributed by atoms with Crippen molar-refractivity contribution in [3.63, 3.8) is 0 Å². The van der Waals surface area contributed by atoms with E-state index in [4.69, 9.17) is 0 Å². The van der Waals surface area contributed by atoms with Gasteiger partial charge in [0.25, 0.3) is 0 Å². The van der Waals surface area contributed by atoms with E-state index in [0.29, 0.717) is 4.25 Å². The van der Waals surface area contributed by atoms with Crippen molar-refractivity contribution in [2.24, 2.45) is 0 Å². The van der Waals surface area contributed by atoms with Gasteiger partial charge in [0, 0.05) is 0 Å². The first kappa shape index (κ1) is 12.5. The molecular formula is C11H26Ge. The van der Waals surface area contributed by atoms with Crippen LogP contribution in [-0.4, -0.2) is 13.3 Å². The molecule has 0 aliphatic rings. The summed E-state index contributed by atoms with van der Waals surface area (Å²) in [5, 5.41) is 1.53. The summed E-state index contributed by atoms with van der Waals surface area (Å²) in [5.74, 6) is 2.62. The average Bonchev–Trinajstić information content (AvgIpc) is 1.85. The Morgan fingerprint density at radius 3 is 1.67 bits per heavy atom. The van der Waals surface area contributed by atoms with E-state index >= 15 is 0 Å². The Labute approximate surface area is 81.5 Å². The Morgan fingerprint density at radius 1 is 1.17 bits per heavy atom. The van der Waals surface area contributed by atoms with E-state index < -0.39 is 13.3 Å². The molecule has 0 nitrogen and oxygen atoms in total. The van der Waals surface area contributed by atoms with Crippen LogP contribution in [0.3, 0.4) is 0 Å². The molecule has 1 heteroatoms. The topological polar surface area (TPSA) is 0 Å². The summed E-state index contributed by atoms with van der Waals surface area (Å²) >= 11 is -1.56. The third-order valence-electron chi connectivity index (χ3n) is 3.76. The van der Waals surface area contributed by atoms with Gasteiger partial charge in [-0.2, -0.15) is 0 Å². The fourth-order valence-electron chi connectivity index (χ4n) is 2.05. The van der Waals surface area contributed by atoms with Crippen molar-refractivity contribution in [2.75, 3.05) is 0 Å². The van der Waals surface area contributed by atoms with Crippen LogP contribution in [0.15, 0.2) is 0 Å². The SMILES string of the molecule is CC[CH2][Ge]([CH3])([CH](C)C)[C](C)(C)C. The predicted octanol–water partition coefficient (Wildman–Crippen LogP) is 4.69. The molecule has 0 N–H and O–H groups in total. The first-order valence-electron chi connectivity index (χ1n) is 5.25. The number of hydrogen-bond acceptors (Lipinski definition) is 0. The second-order valence-corrected chi connectivity index (χ2v) is 18.1. The van der Waals surface area contributed by atoms with Gasteiger partial charge in [-0.15, -0.1) is 0 Å². The second kappa shape index (κ2) is 4.17. The standard InChI is InChI=1S/C11H26Ge/c1-8-9-12(7,10(2)3)11(4,5)6/h10H,8-9H2,1-7H3. The average molecular weight is 231 g/mol. The molecule has 0 aromatic heterocycles. The summed E-state index contributed by atoms with van der Waals surface area (Å²) < 4.78 is 1.58. The van der Waals surface area contributed by atoms with Crippen molar-refractivity contribution < 1.29 is 0 Å². The van der Waals surface area contributed by atoms with Crippen LogP contribution in [0.1, 0.15) is 48.0 Å². The molecular weight excluding hydrogens is 205 g/mol. The molecule has 0 aromatic rings. The van der Waals surface area contributed by atoms with Crippen molar-refractivity contribution in [3.05, 3.63) is 0 Å². The van der Waals surface area contributed by atoms with Gasteiger partial charge in [-0.3, -0.25) is 0 Å². The molecule has 0 bridgehead atoms. The molecule has 74 valence electrons. The molecule has 0 saturated heterocycles. The Morgan fingerprint density at radius 2 is 1.58 bits per heavy atom. The van der Waals surface area contributed by atoms with Gasteiger partial charge in [0.15, 0.2) is 0 Å². The molecule has 0 rings (SSSR count). The molecule has 0 spiro atoms. The quantitative estimate of drug-likeness (QED) is 0.618. The van der Waals surface area contributed by atoms with E-state index in [1.807, 2.05) is 0 Å². The van der Waals surface area contributed by atoms with Crippen LogP contribution in [0.2, 0.25) is 20.0 Å². The van der Waals surface area contributed by atoms with Crippen LogP contribution >= 0.6 is 0 Å². The molecule has 1 atom stereocenters. The van der Waals surface area contributed by atoms with Crippen LogP contribution in [0.4, 0.5) is 0 Å². The molecule has 0 heterocycles. The zero-order valence-corrected chi connectivity index (χ0v) is 12.1. The van der Waals surface area contributed by atoms with Crippen molar-refractivity contribution >= 4 is 13.3 Å². The van der Waals surface area contributed by atoms with Gasteiger partial charge in [-0.05, 0) is 0 Å². The van der Waals surface area contributed by atoms with E-state index in [1.54, 1.807) is 0 Å². The van der Waals surface area contributed by atoms with Crippen LogP contribution < -0.4 is 0 Å². The fraction of sp³-hybridized carbons (Fsp3) is 1.00. The summed E-state index contributed by atoms with van der Waals surface area (Å²) in [6, 6.07) is 0. The van der Waals surface area contributed by atoms with Gasteiger partial charge >= 0.3 is 81.2 Å². The minimum atomic E-state index is -1.56. The van der Waals surface area contributed by atoms with Crippen LogP contribution in [0.25, 0.3) is 0 Å². The minimum absolute atomic E-state index is 0.615. The predicted molar refractivity (Wildman–Crippen MR) is 61.5 cm³/mol.